The molecule has 3 heteroatoms. The molecule has 0 aliphatic rings. The van der Waals surface area contributed by atoms with Crippen LogP contribution in [0.4, 0.5) is 0 Å². The number of benzene rings is 1. The van der Waals surface area contributed by atoms with Crippen LogP contribution in [0.1, 0.15) is 25.0 Å². The van der Waals surface area contributed by atoms with Crippen molar-refractivity contribution in [1.82, 2.24) is 5.32 Å². The monoisotopic (exact) mass is 234 g/mol. The minimum Gasteiger partial charge on any atom is -0.354 e. The van der Waals surface area contributed by atoms with Crippen molar-refractivity contribution in [3.63, 3.8) is 0 Å². The molecule has 1 rings (SSSR count). The molecule has 3 N–H and O–H groups in total. The molecule has 94 valence electrons. The van der Waals surface area contributed by atoms with E-state index < -0.39 is 6.04 Å². The summed E-state index contributed by atoms with van der Waals surface area (Å²) < 4.78 is 0. The van der Waals surface area contributed by atoms with Gasteiger partial charge in [0.1, 0.15) is 0 Å². The van der Waals surface area contributed by atoms with Crippen LogP contribution < -0.4 is 11.1 Å². The molecule has 3 nitrogen and oxygen atoms in total. The van der Waals surface area contributed by atoms with Crippen molar-refractivity contribution in [1.29, 1.82) is 0 Å². The van der Waals surface area contributed by atoms with Crippen LogP contribution in [0.2, 0.25) is 0 Å². The number of rotatable bonds is 5. The van der Waals surface area contributed by atoms with Crippen LogP contribution in [0.3, 0.4) is 0 Å². The van der Waals surface area contributed by atoms with E-state index >= 15 is 0 Å². The molecular weight excluding hydrogens is 212 g/mol. The summed E-state index contributed by atoms with van der Waals surface area (Å²) in [6.07, 6.45) is 0.845. The first kappa shape index (κ1) is 13.7. The van der Waals surface area contributed by atoms with Gasteiger partial charge < -0.3 is 11.1 Å². The van der Waals surface area contributed by atoms with E-state index in [1.807, 2.05) is 19.9 Å². The van der Waals surface area contributed by atoms with Gasteiger partial charge in [-0.3, -0.25) is 4.79 Å². The molecule has 0 unspecified atom stereocenters. The molecule has 0 saturated heterocycles. The van der Waals surface area contributed by atoms with E-state index in [1.165, 1.54) is 11.1 Å². The Labute approximate surface area is 103 Å². The molecule has 0 aliphatic carbocycles. The van der Waals surface area contributed by atoms with E-state index in [4.69, 9.17) is 5.73 Å². The predicted octanol–water partition coefficient (Wildman–Crippen LogP) is 1.64. The smallest absolute Gasteiger partial charge is 0.237 e. The maximum absolute atomic E-state index is 11.6. The van der Waals surface area contributed by atoms with E-state index in [0.29, 0.717) is 6.54 Å². The molecule has 0 spiro atoms. The van der Waals surface area contributed by atoms with Crippen LogP contribution in [-0.4, -0.2) is 18.5 Å². The molecule has 0 radical (unpaired) electrons. The van der Waals surface area contributed by atoms with Gasteiger partial charge in [0, 0.05) is 6.54 Å². The molecule has 1 atom stereocenters. The lowest BCUT2D eigenvalue weighted by Gasteiger charge is -2.15. The van der Waals surface area contributed by atoms with Gasteiger partial charge in [-0.2, -0.15) is 0 Å². The lowest BCUT2D eigenvalue weighted by atomic mass is 10.0. The highest BCUT2D eigenvalue weighted by Crippen LogP contribution is 2.04. The Morgan fingerprint density at radius 2 is 2.12 bits per heavy atom. The standard InChI is InChI=1S/C14H22N2O/c1-10(2)13(15)14(17)16-8-7-12-6-4-5-11(3)9-12/h4-6,9-10,13H,7-8,15H2,1-3H3,(H,16,17)/t13-/m0/s1. The first-order valence-electron chi connectivity index (χ1n) is 6.09. The Hall–Kier alpha value is -1.35. The third-order valence-electron chi connectivity index (χ3n) is 2.82. The average Bonchev–Trinajstić information content (AvgIpc) is 2.27. The number of carbonyl (C=O) groups is 1. The molecule has 17 heavy (non-hydrogen) atoms. The minimum atomic E-state index is -0.410. The molecule has 0 aliphatic heterocycles. The summed E-state index contributed by atoms with van der Waals surface area (Å²) in [7, 11) is 0. The summed E-state index contributed by atoms with van der Waals surface area (Å²) in [5.41, 5.74) is 8.23. The predicted molar refractivity (Wildman–Crippen MR) is 70.7 cm³/mol. The summed E-state index contributed by atoms with van der Waals surface area (Å²) >= 11 is 0. The fraction of sp³-hybridized carbons (Fsp3) is 0.500. The Morgan fingerprint density at radius 1 is 1.41 bits per heavy atom. The van der Waals surface area contributed by atoms with Crippen molar-refractivity contribution < 1.29 is 4.79 Å². The summed E-state index contributed by atoms with van der Waals surface area (Å²) in [4.78, 5) is 11.6. The highest BCUT2D eigenvalue weighted by molar-refractivity contribution is 5.81. The first-order chi connectivity index (χ1) is 8.00. The largest absolute Gasteiger partial charge is 0.354 e. The highest BCUT2D eigenvalue weighted by atomic mass is 16.2. The second-order valence-corrected chi connectivity index (χ2v) is 4.80. The number of nitrogens with two attached hydrogens (primary N) is 1. The van der Waals surface area contributed by atoms with Gasteiger partial charge in [-0.25, -0.2) is 0 Å². The van der Waals surface area contributed by atoms with Gasteiger partial charge in [-0.05, 0) is 24.8 Å². The number of nitrogens with one attached hydrogen (secondary N) is 1. The summed E-state index contributed by atoms with van der Waals surface area (Å²) in [6, 6.07) is 7.90. The molecule has 1 aromatic rings. The molecule has 0 bridgehead atoms. The van der Waals surface area contributed by atoms with E-state index in [1.54, 1.807) is 0 Å². The second kappa shape index (κ2) is 6.40. The zero-order valence-electron chi connectivity index (χ0n) is 10.9. The maximum Gasteiger partial charge on any atom is 0.237 e. The van der Waals surface area contributed by atoms with E-state index in [-0.39, 0.29) is 11.8 Å². The van der Waals surface area contributed by atoms with Crippen LogP contribution >= 0.6 is 0 Å². The van der Waals surface area contributed by atoms with Crippen LogP contribution in [0.5, 0.6) is 0 Å². The van der Waals surface area contributed by atoms with Crippen molar-refractivity contribution in [3.8, 4) is 0 Å². The Balaban J connectivity index is 2.35. The van der Waals surface area contributed by atoms with Gasteiger partial charge in [0.25, 0.3) is 0 Å². The number of carbonyl (C=O) groups excluding carboxylic acids is 1. The normalized spacial score (nSPS) is 12.5. The number of amides is 1. The van der Waals surface area contributed by atoms with Crippen molar-refractivity contribution >= 4 is 5.91 Å². The first-order valence-corrected chi connectivity index (χ1v) is 6.09. The lowest BCUT2D eigenvalue weighted by molar-refractivity contribution is -0.123. The third kappa shape index (κ3) is 4.57. The van der Waals surface area contributed by atoms with Gasteiger partial charge in [0.15, 0.2) is 0 Å². The number of aryl methyl sites for hydroxylation is 1. The van der Waals surface area contributed by atoms with Crippen LogP contribution in [0.25, 0.3) is 0 Å². The van der Waals surface area contributed by atoms with Crippen LogP contribution in [0.15, 0.2) is 24.3 Å². The Kier molecular flexibility index (Phi) is 5.16. The Bertz CT molecular complexity index is 374. The summed E-state index contributed by atoms with van der Waals surface area (Å²) in [5.74, 6) is 0.113. The lowest BCUT2D eigenvalue weighted by Crippen LogP contribution is -2.44. The van der Waals surface area contributed by atoms with Gasteiger partial charge in [0.2, 0.25) is 5.91 Å². The van der Waals surface area contributed by atoms with Crippen molar-refractivity contribution in [2.45, 2.75) is 33.2 Å². The highest BCUT2D eigenvalue weighted by Gasteiger charge is 2.16. The molecule has 0 heterocycles. The molecule has 1 aromatic carbocycles. The quantitative estimate of drug-likeness (QED) is 0.813. The van der Waals surface area contributed by atoms with E-state index in [2.05, 4.69) is 30.4 Å². The van der Waals surface area contributed by atoms with E-state index in [9.17, 15) is 4.79 Å². The zero-order valence-corrected chi connectivity index (χ0v) is 10.9. The Morgan fingerprint density at radius 3 is 2.71 bits per heavy atom. The summed E-state index contributed by atoms with van der Waals surface area (Å²) in [5, 5.41) is 2.87. The van der Waals surface area contributed by atoms with E-state index in [0.717, 1.165) is 6.42 Å². The molecule has 0 saturated carbocycles. The fourth-order valence-electron chi connectivity index (χ4n) is 1.62. The topological polar surface area (TPSA) is 55.1 Å². The third-order valence-corrected chi connectivity index (χ3v) is 2.82. The van der Waals surface area contributed by atoms with Gasteiger partial charge in [-0.15, -0.1) is 0 Å². The number of hydrogen-bond donors (Lipinski definition) is 2. The SMILES string of the molecule is Cc1cccc(CCNC(=O)[C@@H](N)C(C)C)c1. The molecule has 0 aromatic heterocycles. The van der Waals surface area contributed by atoms with Crippen molar-refractivity contribution in [3.05, 3.63) is 35.4 Å². The zero-order chi connectivity index (χ0) is 12.8. The maximum atomic E-state index is 11.6. The molecule has 0 fully saturated rings. The van der Waals surface area contributed by atoms with Crippen molar-refractivity contribution in [2.24, 2.45) is 11.7 Å². The molecule has 1 amide bonds. The van der Waals surface area contributed by atoms with Gasteiger partial charge >= 0.3 is 0 Å². The van der Waals surface area contributed by atoms with Crippen LogP contribution in [0, 0.1) is 12.8 Å². The second-order valence-electron chi connectivity index (χ2n) is 4.80. The van der Waals surface area contributed by atoms with Crippen LogP contribution in [-0.2, 0) is 11.2 Å². The minimum absolute atomic E-state index is 0.0624. The fourth-order valence-corrected chi connectivity index (χ4v) is 1.62. The molecular formula is C14H22N2O. The average molecular weight is 234 g/mol. The van der Waals surface area contributed by atoms with Gasteiger partial charge in [-0.1, -0.05) is 43.7 Å². The van der Waals surface area contributed by atoms with Gasteiger partial charge in [0.05, 0.1) is 6.04 Å². The summed E-state index contributed by atoms with van der Waals surface area (Å²) in [6.45, 7) is 6.61. The number of hydrogen-bond acceptors (Lipinski definition) is 2. The van der Waals surface area contributed by atoms with Crippen molar-refractivity contribution in [2.75, 3.05) is 6.54 Å².